The average Bonchev–Trinajstić information content (AvgIpc) is 2.41. The lowest BCUT2D eigenvalue weighted by atomic mass is 10.1. The first-order chi connectivity index (χ1) is 10.3. The number of rotatable bonds is 5. The molecule has 3 nitrogen and oxygen atoms in total. The molecule has 0 spiro atoms. The number of ether oxygens (including phenoxy) is 1. The van der Waals surface area contributed by atoms with Crippen LogP contribution in [0.5, 0.6) is 5.75 Å². The molecule has 0 aliphatic heterocycles. The van der Waals surface area contributed by atoms with Crippen molar-refractivity contribution in [2.45, 2.75) is 22.6 Å². The Kier molecular flexibility index (Phi) is 4.97. The molecular formula is C15H11F3O3S. The van der Waals surface area contributed by atoms with Crippen LogP contribution in [0.1, 0.15) is 5.56 Å². The second-order valence-corrected chi connectivity index (χ2v) is 5.41. The zero-order chi connectivity index (χ0) is 16.2. The maximum atomic E-state index is 12.1. The minimum absolute atomic E-state index is 0.113. The summed E-state index contributed by atoms with van der Waals surface area (Å²) in [5.41, 5.74) is 0.649. The molecule has 2 rings (SSSR count). The minimum Gasteiger partial charge on any atom is -0.481 e. The van der Waals surface area contributed by atoms with Gasteiger partial charge in [0.1, 0.15) is 5.75 Å². The summed E-state index contributed by atoms with van der Waals surface area (Å²) in [7, 11) is 0. The molecule has 116 valence electrons. The average molecular weight is 328 g/mol. The molecule has 0 aromatic heterocycles. The van der Waals surface area contributed by atoms with Crippen molar-refractivity contribution in [1.29, 1.82) is 0 Å². The van der Waals surface area contributed by atoms with Gasteiger partial charge in [-0.3, -0.25) is 4.79 Å². The molecule has 2 aromatic rings. The molecular weight excluding hydrogens is 317 g/mol. The van der Waals surface area contributed by atoms with Crippen molar-refractivity contribution in [3.63, 3.8) is 0 Å². The summed E-state index contributed by atoms with van der Waals surface area (Å²) in [4.78, 5) is 12.3. The number of hydrogen-bond donors (Lipinski definition) is 1. The first-order valence-corrected chi connectivity index (χ1v) is 6.98. The summed E-state index contributed by atoms with van der Waals surface area (Å²) < 4.78 is 40.0. The number of hydrogen-bond acceptors (Lipinski definition) is 3. The number of alkyl halides is 3. The summed E-state index contributed by atoms with van der Waals surface area (Å²) in [6, 6.07) is 12.4. The largest absolute Gasteiger partial charge is 0.573 e. The molecule has 0 radical (unpaired) electrons. The molecule has 0 saturated carbocycles. The third kappa shape index (κ3) is 5.00. The Morgan fingerprint density at radius 2 is 1.73 bits per heavy atom. The fourth-order valence-corrected chi connectivity index (χ4v) is 2.69. The predicted molar refractivity (Wildman–Crippen MR) is 75.0 cm³/mol. The van der Waals surface area contributed by atoms with Crippen molar-refractivity contribution in [1.82, 2.24) is 0 Å². The number of carbonyl (C=O) groups is 1. The first-order valence-electron chi connectivity index (χ1n) is 6.17. The number of benzene rings is 2. The lowest BCUT2D eigenvalue weighted by molar-refractivity contribution is -0.274. The highest BCUT2D eigenvalue weighted by molar-refractivity contribution is 7.99. The molecule has 0 saturated heterocycles. The molecule has 0 heterocycles. The van der Waals surface area contributed by atoms with Crippen molar-refractivity contribution in [2.24, 2.45) is 0 Å². The maximum absolute atomic E-state index is 12.1. The maximum Gasteiger partial charge on any atom is 0.573 e. The van der Waals surface area contributed by atoms with Gasteiger partial charge in [-0.2, -0.15) is 0 Å². The molecule has 0 unspecified atom stereocenters. The second kappa shape index (κ2) is 6.74. The van der Waals surface area contributed by atoms with E-state index in [0.29, 0.717) is 10.5 Å². The summed E-state index contributed by atoms with van der Waals surface area (Å²) in [5.74, 6) is -1.24. The Morgan fingerprint density at radius 1 is 1.09 bits per heavy atom. The van der Waals surface area contributed by atoms with E-state index in [-0.39, 0.29) is 12.2 Å². The highest BCUT2D eigenvalue weighted by atomic mass is 32.2. The lowest BCUT2D eigenvalue weighted by Crippen LogP contribution is -2.16. The van der Waals surface area contributed by atoms with Gasteiger partial charge >= 0.3 is 12.3 Å². The van der Waals surface area contributed by atoms with Gasteiger partial charge in [0.05, 0.1) is 6.42 Å². The third-order valence-electron chi connectivity index (χ3n) is 2.60. The molecule has 1 N–H and O–H groups in total. The van der Waals surface area contributed by atoms with Crippen LogP contribution in [0, 0.1) is 0 Å². The molecule has 22 heavy (non-hydrogen) atoms. The predicted octanol–water partition coefficient (Wildman–Crippen LogP) is 4.36. The van der Waals surface area contributed by atoms with Crippen LogP contribution < -0.4 is 4.74 Å². The van der Waals surface area contributed by atoms with Gasteiger partial charge in [-0.15, -0.1) is 13.2 Å². The van der Waals surface area contributed by atoms with Crippen molar-refractivity contribution in [2.75, 3.05) is 0 Å². The molecule has 0 fully saturated rings. The molecule has 0 atom stereocenters. The van der Waals surface area contributed by atoms with Crippen LogP contribution in [-0.4, -0.2) is 17.4 Å². The molecule has 0 amide bonds. The number of aliphatic carboxylic acids is 1. The highest BCUT2D eigenvalue weighted by Gasteiger charge is 2.30. The summed E-state index contributed by atoms with van der Waals surface area (Å²) in [6.07, 6.45) is -4.83. The van der Waals surface area contributed by atoms with E-state index in [1.54, 1.807) is 24.3 Å². The minimum atomic E-state index is -4.72. The van der Waals surface area contributed by atoms with E-state index in [1.165, 1.54) is 36.0 Å². The van der Waals surface area contributed by atoms with Crippen LogP contribution in [0.4, 0.5) is 13.2 Å². The van der Waals surface area contributed by atoms with Gasteiger partial charge in [0.25, 0.3) is 0 Å². The van der Waals surface area contributed by atoms with E-state index in [0.717, 1.165) is 4.90 Å². The Hall–Kier alpha value is -2.15. The molecule has 0 aliphatic carbocycles. The van der Waals surface area contributed by atoms with Crippen LogP contribution >= 0.6 is 11.8 Å². The first kappa shape index (κ1) is 16.2. The fourth-order valence-electron chi connectivity index (χ4n) is 1.75. The highest BCUT2D eigenvalue weighted by Crippen LogP contribution is 2.32. The number of carboxylic acid groups (broad SMARTS) is 1. The standard InChI is InChI=1S/C15H11F3O3S/c16-15(17,18)21-11-5-7-12(8-6-11)22-13-4-2-1-3-10(13)9-14(19)20/h1-8H,9H2,(H,19,20). The number of carboxylic acids is 1. The summed E-state index contributed by atoms with van der Waals surface area (Å²) in [6.45, 7) is 0. The third-order valence-corrected chi connectivity index (χ3v) is 3.73. The van der Waals surface area contributed by atoms with Crippen LogP contribution in [0.3, 0.4) is 0 Å². The Bertz CT molecular complexity index is 654. The van der Waals surface area contributed by atoms with E-state index < -0.39 is 12.3 Å². The SMILES string of the molecule is O=C(O)Cc1ccccc1Sc1ccc(OC(F)(F)F)cc1. The zero-order valence-electron chi connectivity index (χ0n) is 11.1. The zero-order valence-corrected chi connectivity index (χ0v) is 11.9. The fraction of sp³-hybridized carbons (Fsp3) is 0.133. The lowest BCUT2D eigenvalue weighted by Gasteiger charge is -2.10. The van der Waals surface area contributed by atoms with Gasteiger partial charge in [-0.1, -0.05) is 30.0 Å². The van der Waals surface area contributed by atoms with E-state index >= 15 is 0 Å². The molecule has 0 bridgehead atoms. The Balaban J connectivity index is 2.13. The van der Waals surface area contributed by atoms with Crippen molar-refractivity contribution in [3.05, 3.63) is 54.1 Å². The van der Waals surface area contributed by atoms with Gasteiger partial charge in [0.15, 0.2) is 0 Å². The van der Waals surface area contributed by atoms with Gasteiger partial charge < -0.3 is 9.84 Å². The Morgan fingerprint density at radius 3 is 2.32 bits per heavy atom. The van der Waals surface area contributed by atoms with Crippen LogP contribution in [-0.2, 0) is 11.2 Å². The van der Waals surface area contributed by atoms with E-state index in [9.17, 15) is 18.0 Å². The number of halogens is 3. The van der Waals surface area contributed by atoms with Crippen molar-refractivity contribution >= 4 is 17.7 Å². The van der Waals surface area contributed by atoms with Crippen molar-refractivity contribution < 1.29 is 27.8 Å². The van der Waals surface area contributed by atoms with Gasteiger partial charge in [0, 0.05) is 9.79 Å². The summed E-state index contributed by atoms with van der Waals surface area (Å²) in [5, 5.41) is 8.87. The van der Waals surface area contributed by atoms with E-state index in [1.807, 2.05) is 0 Å². The van der Waals surface area contributed by atoms with Gasteiger partial charge in [-0.25, -0.2) is 0 Å². The normalized spacial score (nSPS) is 11.2. The smallest absolute Gasteiger partial charge is 0.481 e. The molecule has 0 aliphatic rings. The molecule has 7 heteroatoms. The van der Waals surface area contributed by atoms with Crippen LogP contribution in [0.2, 0.25) is 0 Å². The summed E-state index contributed by atoms with van der Waals surface area (Å²) >= 11 is 1.28. The van der Waals surface area contributed by atoms with Crippen LogP contribution in [0.15, 0.2) is 58.3 Å². The van der Waals surface area contributed by atoms with Crippen LogP contribution in [0.25, 0.3) is 0 Å². The quantitative estimate of drug-likeness (QED) is 0.886. The Labute approximate surface area is 128 Å². The van der Waals surface area contributed by atoms with E-state index in [2.05, 4.69) is 4.74 Å². The monoisotopic (exact) mass is 328 g/mol. The second-order valence-electron chi connectivity index (χ2n) is 4.30. The topological polar surface area (TPSA) is 46.5 Å². The molecule has 2 aromatic carbocycles. The van der Waals surface area contributed by atoms with Gasteiger partial charge in [-0.05, 0) is 35.9 Å². The van der Waals surface area contributed by atoms with Gasteiger partial charge in [0.2, 0.25) is 0 Å². The van der Waals surface area contributed by atoms with E-state index in [4.69, 9.17) is 5.11 Å². The van der Waals surface area contributed by atoms with Crippen molar-refractivity contribution in [3.8, 4) is 5.75 Å².